The number of carbonyl (C=O) groups is 2. The van der Waals surface area contributed by atoms with Gasteiger partial charge >= 0.3 is 11.9 Å². The van der Waals surface area contributed by atoms with E-state index in [0.717, 1.165) is 44.9 Å². The van der Waals surface area contributed by atoms with Gasteiger partial charge in [0.05, 0.1) is 0 Å². The van der Waals surface area contributed by atoms with E-state index < -0.39 is 5.97 Å². The summed E-state index contributed by atoms with van der Waals surface area (Å²) in [6.07, 6.45) is 16.2. The van der Waals surface area contributed by atoms with E-state index in [1.54, 1.807) is 0 Å². The Kier molecular flexibility index (Phi) is 22.5. The maximum atomic E-state index is 11.2. The number of rotatable bonds is 17. The van der Waals surface area contributed by atoms with Crippen LogP contribution in [-0.4, -0.2) is 60.9 Å². The Labute approximate surface area is 184 Å². The van der Waals surface area contributed by atoms with Gasteiger partial charge in [0.25, 0.3) is 0 Å². The van der Waals surface area contributed by atoms with Crippen molar-refractivity contribution < 1.29 is 19.4 Å². The van der Waals surface area contributed by atoms with Gasteiger partial charge in [0.15, 0.2) is 0 Å². The molecule has 0 aliphatic rings. The van der Waals surface area contributed by atoms with Crippen LogP contribution in [0, 0.1) is 0 Å². The fourth-order valence-electron chi connectivity index (χ4n) is 3.00. The molecular weight excluding hydrogens is 344 g/mol. The molecule has 0 aliphatic heterocycles. The summed E-state index contributed by atoms with van der Waals surface area (Å²) >= 11 is 0. The first-order valence-corrected chi connectivity index (χ1v) is 9.95. The van der Waals surface area contributed by atoms with Crippen molar-refractivity contribution in [3.05, 3.63) is 0 Å². The number of aliphatic carboxylic acids is 1. The molecule has 2 radical (unpaired) electrons. The van der Waals surface area contributed by atoms with Gasteiger partial charge < -0.3 is 9.84 Å². The molecule has 1 unspecified atom stereocenters. The third-order valence-corrected chi connectivity index (χ3v) is 4.38. The van der Waals surface area contributed by atoms with Crippen molar-refractivity contribution in [2.45, 2.75) is 116 Å². The third kappa shape index (κ3) is 22.2. The van der Waals surface area contributed by atoms with E-state index in [1.165, 1.54) is 51.9 Å². The second kappa shape index (κ2) is 20.5. The second-order valence-electron chi connectivity index (χ2n) is 6.84. The molecule has 0 amide bonds. The van der Waals surface area contributed by atoms with Gasteiger partial charge in [-0.3, -0.25) is 9.59 Å². The van der Waals surface area contributed by atoms with Gasteiger partial charge in [0.2, 0.25) is 0 Å². The van der Waals surface area contributed by atoms with Crippen molar-refractivity contribution in [3.63, 3.8) is 0 Å². The zero-order valence-electron chi connectivity index (χ0n) is 16.6. The monoisotopic (exact) mass is 382 g/mol. The third-order valence-electron chi connectivity index (χ3n) is 4.38. The molecule has 0 heterocycles. The molecule has 0 aromatic heterocycles. The van der Waals surface area contributed by atoms with E-state index in [0.29, 0.717) is 6.42 Å². The van der Waals surface area contributed by atoms with Crippen molar-refractivity contribution in [1.29, 1.82) is 0 Å². The maximum absolute atomic E-state index is 11.2. The summed E-state index contributed by atoms with van der Waals surface area (Å²) in [6.45, 7) is 3.71. The molecule has 0 bridgehead atoms. The van der Waals surface area contributed by atoms with Gasteiger partial charge in [-0.2, -0.15) is 0 Å². The fraction of sp³-hybridized carbons (Fsp3) is 0.900. The molecule has 1 atom stereocenters. The van der Waals surface area contributed by atoms with Crippen molar-refractivity contribution in [2.75, 3.05) is 0 Å². The molecule has 144 valence electrons. The van der Waals surface area contributed by atoms with Crippen LogP contribution >= 0.6 is 0 Å². The molecule has 5 heteroatoms. The molecule has 0 spiro atoms. The number of carboxylic acid groups (broad SMARTS) is 1. The number of esters is 1. The van der Waals surface area contributed by atoms with Crippen molar-refractivity contribution >= 4 is 49.7 Å². The predicted octanol–water partition coefficient (Wildman–Crippen LogP) is 5.49. The quantitative estimate of drug-likeness (QED) is 0.205. The normalized spacial score (nSPS) is 11.6. The Bertz CT molecular complexity index is 321. The minimum Gasteiger partial charge on any atom is -0.481 e. The van der Waals surface area contributed by atoms with Crippen molar-refractivity contribution in [3.8, 4) is 0 Å². The van der Waals surface area contributed by atoms with Crippen LogP contribution in [0.15, 0.2) is 0 Å². The molecular formula is C20H38CaO4. The molecule has 0 saturated heterocycles. The van der Waals surface area contributed by atoms with Crippen molar-refractivity contribution in [1.82, 2.24) is 0 Å². The molecule has 0 aliphatic carbocycles. The molecule has 0 saturated carbocycles. The molecule has 4 nitrogen and oxygen atoms in total. The van der Waals surface area contributed by atoms with Crippen LogP contribution in [0.1, 0.15) is 110 Å². The van der Waals surface area contributed by atoms with Gasteiger partial charge in [-0.15, -0.1) is 0 Å². The zero-order chi connectivity index (χ0) is 18.0. The molecule has 1 N–H and O–H groups in total. The largest absolute Gasteiger partial charge is 0.481 e. The van der Waals surface area contributed by atoms with Gasteiger partial charge in [0, 0.05) is 51.1 Å². The van der Waals surface area contributed by atoms with Crippen LogP contribution in [0.4, 0.5) is 0 Å². The minimum atomic E-state index is -0.688. The van der Waals surface area contributed by atoms with Crippen molar-refractivity contribution in [2.24, 2.45) is 0 Å². The first-order valence-electron chi connectivity index (χ1n) is 9.95. The van der Waals surface area contributed by atoms with E-state index in [4.69, 9.17) is 9.84 Å². The Morgan fingerprint density at radius 3 is 1.68 bits per heavy atom. The summed E-state index contributed by atoms with van der Waals surface area (Å²) in [5.41, 5.74) is 0. The molecule has 0 rings (SSSR count). The fourth-order valence-corrected chi connectivity index (χ4v) is 3.00. The van der Waals surface area contributed by atoms with Crippen LogP contribution < -0.4 is 0 Å². The van der Waals surface area contributed by atoms with Gasteiger partial charge in [-0.05, 0) is 32.1 Å². The van der Waals surface area contributed by atoms with Crippen LogP contribution in [0.5, 0.6) is 0 Å². The van der Waals surface area contributed by atoms with Crippen LogP contribution in [-0.2, 0) is 14.3 Å². The molecule has 25 heavy (non-hydrogen) atoms. The standard InChI is InChI=1S/C20H38O4.Ca/c1-3-4-5-12-15-19(24-18(2)21)16-13-10-8-6-7-9-11-14-17-20(22)23;/h19H,3-17H2,1-2H3,(H,22,23);. The van der Waals surface area contributed by atoms with Crippen LogP contribution in [0.2, 0.25) is 0 Å². The van der Waals surface area contributed by atoms with Crippen LogP contribution in [0.25, 0.3) is 0 Å². The summed E-state index contributed by atoms with van der Waals surface area (Å²) in [7, 11) is 0. The van der Waals surface area contributed by atoms with Gasteiger partial charge in [-0.1, -0.05) is 64.7 Å². The molecule has 0 aromatic rings. The first-order chi connectivity index (χ1) is 11.6. The average molecular weight is 383 g/mol. The Morgan fingerprint density at radius 1 is 0.800 bits per heavy atom. The smallest absolute Gasteiger partial charge is 0.303 e. The van der Waals surface area contributed by atoms with Gasteiger partial charge in [0.1, 0.15) is 6.10 Å². The molecule has 0 fully saturated rings. The SMILES string of the molecule is CCCCCCC(CCCCCCCCCCC(=O)O)OC(C)=O.[Ca]. The summed E-state index contributed by atoms with van der Waals surface area (Å²) in [5.74, 6) is -0.844. The van der Waals surface area contributed by atoms with E-state index in [-0.39, 0.29) is 49.8 Å². The maximum Gasteiger partial charge on any atom is 0.303 e. The number of ether oxygens (including phenoxy) is 1. The van der Waals surface area contributed by atoms with Gasteiger partial charge in [-0.25, -0.2) is 0 Å². The van der Waals surface area contributed by atoms with E-state index in [1.807, 2.05) is 0 Å². The summed E-state index contributed by atoms with van der Waals surface area (Å²) in [5, 5.41) is 8.56. The Morgan fingerprint density at radius 2 is 1.24 bits per heavy atom. The first kappa shape index (κ1) is 27.4. The zero-order valence-corrected chi connectivity index (χ0v) is 18.8. The summed E-state index contributed by atoms with van der Waals surface area (Å²) in [6, 6.07) is 0. The topological polar surface area (TPSA) is 63.6 Å². The second-order valence-corrected chi connectivity index (χ2v) is 6.84. The number of carboxylic acids is 1. The average Bonchev–Trinajstić information content (AvgIpc) is 2.52. The minimum absolute atomic E-state index is 0. The van der Waals surface area contributed by atoms with E-state index >= 15 is 0 Å². The Balaban J connectivity index is 0. The number of carbonyl (C=O) groups excluding carboxylic acids is 1. The number of hydrogen-bond acceptors (Lipinski definition) is 3. The number of hydrogen-bond donors (Lipinski definition) is 1. The van der Waals surface area contributed by atoms with E-state index in [2.05, 4.69) is 6.92 Å². The Hall–Kier alpha value is 0.200. The predicted molar refractivity (Wildman–Crippen MR) is 104 cm³/mol. The summed E-state index contributed by atoms with van der Waals surface area (Å²) in [4.78, 5) is 21.6. The van der Waals surface area contributed by atoms with E-state index in [9.17, 15) is 9.59 Å². The van der Waals surface area contributed by atoms with Crippen LogP contribution in [0.3, 0.4) is 0 Å². The molecule has 0 aromatic carbocycles. The number of unbranched alkanes of at least 4 members (excludes halogenated alkanes) is 10. The summed E-state index contributed by atoms with van der Waals surface area (Å²) < 4.78 is 5.43.